The molecule has 0 aliphatic rings. The van der Waals surface area contributed by atoms with Crippen molar-refractivity contribution in [1.82, 2.24) is 5.32 Å². The Morgan fingerprint density at radius 3 is 2.56 bits per heavy atom. The molecule has 1 aromatic carbocycles. The monoisotopic (exact) mass is 252 g/mol. The summed E-state index contributed by atoms with van der Waals surface area (Å²) in [4.78, 5) is 22.3. The van der Waals surface area contributed by atoms with Gasteiger partial charge in [-0.1, -0.05) is 30.3 Å². The molecule has 1 amide bonds. The van der Waals surface area contributed by atoms with Crippen molar-refractivity contribution >= 4 is 12.1 Å². The van der Waals surface area contributed by atoms with Gasteiger partial charge in [0.15, 0.2) is 0 Å². The standard InChI is InChI=1S/C12H16N2O4/c13-6-7-18-12(17)14-10(11(15)16)8-9-4-2-1-3-5-9/h1-5,10H,6-8,13H2,(H,14,17)(H,15,16). The number of hydrogen-bond donors (Lipinski definition) is 3. The van der Waals surface area contributed by atoms with Crippen LogP contribution >= 0.6 is 0 Å². The molecule has 0 fully saturated rings. The smallest absolute Gasteiger partial charge is 0.407 e. The molecule has 0 bridgehead atoms. The van der Waals surface area contributed by atoms with Crippen molar-refractivity contribution in [2.45, 2.75) is 12.5 Å². The molecule has 0 radical (unpaired) electrons. The molecule has 0 saturated carbocycles. The van der Waals surface area contributed by atoms with Gasteiger partial charge in [0, 0.05) is 13.0 Å². The maximum Gasteiger partial charge on any atom is 0.407 e. The highest BCUT2D eigenvalue weighted by atomic mass is 16.5. The molecular formula is C12H16N2O4. The van der Waals surface area contributed by atoms with Crippen LogP contribution in [0, 0.1) is 0 Å². The number of benzene rings is 1. The number of rotatable bonds is 6. The van der Waals surface area contributed by atoms with Crippen LogP contribution in [0.25, 0.3) is 0 Å². The minimum Gasteiger partial charge on any atom is -0.480 e. The van der Waals surface area contributed by atoms with E-state index < -0.39 is 18.1 Å². The van der Waals surface area contributed by atoms with E-state index >= 15 is 0 Å². The van der Waals surface area contributed by atoms with Crippen molar-refractivity contribution in [2.75, 3.05) is 13.2 Å². The zero-order chi connectivity index (χ0) is 13.4. The Hall–Kier alpha value is -2.08. The summed E-state index contributed by atoms with van der Waals surface area (Å²) in [6.45, 7) is 0.257. The first-order valence-electron chi connectivity index (χ1n) is 5.53. The fraction of sp³-hybridized carbons (Fsp3) is 0.333. The van der Waals surface area contributed by atoms with Crippen LogP contribution in [0.3, 0.4) is 0 Å². The molecule has 98 valence electrons. The number of carboxylic acids is 1. The summed E-state index contributed by atoms with van der Waals surface area (Å²) in [7, 11) is 0. The average molecular weight is 252 g/mol. The van der Waals surface area contributed by atoms with E-state index in [1.807, 2.05) is 6.07 Å². The molecule has 6 heteroatoms. The van der Waals surface area contributed by atoms with Crippen LogP contribution in [-0.4, -0.2) is 36.4 Å². The SMILES string of the molecule is NCCOC(=O)NC(Cc1ccccc1)C(=O)O. The van der Waals surface area contributed by atoms with E-state index in [9.17, 15) is 9.59 Å². The van der Waals surface area contributed by atoms with E-state index in [1.165, 1.54) is 0 Å². The van der Waals surface area contributed by atoms with E-state index in [4.69, 9.17) is 10.8 Å². The van der Waals surface area contributed by atoms with Crippen molar-refractivity contribution in [1.29, 1.82) is 0 Å². The first kappa shape index (κ1) is 14.0. The molecule has 1 unspecified atom stereocenters. The number of aliphatic carboxylic acids is 1. The molecule has 1 rings (SSSR count). The minimum absolute atomic E-state index is 0.0590. The van der Waals surface area contributed by atoms with Gasteiger partial charge in [-0.05, 0) is 5.56 Å². The number of ether oxygens (including phenoxy) is 1. The summed E-state index contributed by atoms with van der Waals surface area (Å²) in [5.74, 6) is -1.11. The highest BCUT2D eigenvalue weighted by Gasteiger charge is 2.20. The molecule has 18 heavy (non-hydrogen) atoms. The molecule has 0 spiro atoms. The lowest BCUT2D eigenvalue weighted by molar-refractivity contribution is -0.139. The van der Waals surface area contributed by atoms with Crippen molar-refractivity contribution in [3.05, 3.63) is 35.9 Å². The van der Waals surface area contributed by atoms with Crippen LogP contribution < -0.4 is 11.1 Å². The van der Waals surface area contributed by atoms with Crippen molar-refractivity contribution in [2.24, 2.45) is 5.73 Å². The Balaban J connectivity index is 2.55. The summed E-state index contributed by atoms with van der Waals surface area (Å²) < 4.78 is 4.67. The third kappa shape index (κ3) is 4.84. The minimum atomic E-state index is -1.11. The summed E-state index contributed by atoms with van der Waals surface area (Å²) in [5.41, 5.74) is 5.99. The largest absolute Gasteiger partial charge is 0.480 e. The van der Waals surface area contributed by atoms with Crippen LogP contribution in [0.5, 0.6) is 0 Å². The molecule has 6 nitrogen and oxygen atoms in total. The molecule has 4 N–H and O–H groups in total. The Bertz CT molecular complexity index is 394. The van der Waals surface area contributed by atoms with Crippen LogP contribution in [-0.2, 0) is 16.0 Å². The second kappa shape index (κ2) is 7.29. The zero-order valence-electron chi connectivity index (χ0n) is 9.83. The van der Waals surface area contributed by atoms with Gasteiger partial charge in [-0.15, -0.1) is 0 Å². The lowest BCUT2D eigenvalue weighted by atomic mass is 10.1. The number of hydrogen-bond acceptors (Lipinski definition) is 4. The molecule has 0 aliphatic carbocycles. The van der Waals surface area contributed by atoms with Gasteiger partial charge in [0.1, 0.15) is 12.6 Å². The molecule has 0 aromatic heterocycles. The zero-order valence-corrected chi connectivity index (χ0v) is 9.83. The Morgan fingerprint density at radius 2 is 2.00 bits per heavy atom. The Kier molecular flexibility index (Phi) is 5.66. The second-order valence-corrected chi connectivity index (χ2v) is 3.65. The Morgan fingerprint density at radius 1 is 1.33 bits per heavy atom. The predicted molar refractivity (Wildman–Crippen MR) is 65.1 cm³/mol. The number of amides is 1. The van der Waals surface area contributed by atoms with Gasteiger partial charge < -0.3 is 20.9 Å². The van der Waals surface area contributed by atoms with Gasteiger partial charge in [-0.3, -0.25) is 0 Å². The highest BCUT2D eigenvalue weighted by molar-refractivity contribution is 5.80. The summed E-state index contributed by atoms with van der Waals surface area (Å²) in [6.07, 6.45) is -0.572. The molecular weight excluding hydrogens is 236 g/mol. The van der Waals surface area contributed by atoms with E-state index in [1.54, 1.807) is 24.3 Å². The third-order valence-corrected chi connectivity index (χ3v) is 2.22. The first-order chi connectivity index (χ1) is 8.63. The fourth-order valence-corrected chi connectivity index (χ4v) is 1.39. The highest BCUT2D eigenvalue weighted by Crippen LogP contribution is 2.03. The summed E-state index contributed by atoms with van der Waals surface area (Å²) in [6, 6.07) is 8.02. The Labute approximate surface area is 105 Å². The van der Waals surface area contributed by atoms with Gasteiger partial charge in [0.05, 0.1) is 0 Å². The first-order valence-corrected chi connectivity index (χ1v) is 5.53. The normalized spacial score (nSPS) is 11.6. The maximum atomic E-state index is 11.3. The lowest BCUT2D eigenvalue weighted by Gasteiger charge is -2.14. The van der Waals surface area contributed by atoms with Crippen molar-refractivity contribution in [3.8, 4) is 0 Å². The van der Waals surface area contributed by atoms with Crippen LogP contribution in [0.15, 0.2) is 30.3 Å². The second-order valence-electron chi connectivity index (χ2n) is 3.65. The van der Waals surface area contributed by atoms with E-state index in [2.05, 4.69) is 10.1 Å². The number of carboxylic acid groups (broad SMARTS) is 1. The van der Waals surface area contributed by atoms with E-state index in [0.717, 1.165) is 5.56 Å². The maximum absolute atomic E-state index is 11.3. The predicted octanol–water partition coefficient (Wildman–Crippen LogP) is 0.367. The van der Waals surface area contributed by atoms with Gasteiger partial charge >= 0.3 is 12.1 Å². The van der Waals surface area contributed by atoms with E-state index in [-0.39, 0.29) is 19.6 Å². The molecule has 0 heterocycles. The number of alkyl carbamates (subject to hydrolysis) is 1. The van der Waals surface area contributed by atoms with Gasteiger partial charge in [0.2, 0.25) is 0 Å². The van der Waals surface area contributed by atoms with Crippen molar-refractivity contribution < 1.29 is 19.4 Å². The molecule has 1 atom stereocenters. The lowest BCUT2D eigenvalue weighted by Crippen LogP contribution is -2.43. The third-order valence-electron chi connectivity index (χ3n) is 2.22. The quantitative estimate of drug-likeness (QED) is 0.678. The van der Waals surface area contributed by atoms with E-state index in [0.29, 0.717) is 0 Å². The summed E-state index contributed by atoms with van der Waals surface area (Å²) >= 11 is 0. The van der Waals surface area contributed by atoms with Crippen LogP contribution in [0.4, 0.5) is 4.79 Å². The number of carbonyl (C=O) groups is 2. The van der Waals surface area contributed by atoms with Crippen LogP contribution in [0.2, 0.25) is 0 Å². The fourth-order valence-electron chi connectivity index (χ4n) is 1.39. The number of nitrogens with two attached hydrogens (primary N) is 1. The summed E-state index contributed by atoms with van der Waals surface area (Å²) in [5, 5.41) is 11.3. The van der Waals surface area contributed by atoms with Crippen molar-refractivity contribution in [3.63, 3.8) is 0 Å². The molecule has 1 aromatic rings. The van der Waals surface area contributed by atoms with Gasteiger partial charge in [-0.2, -0.15) is 0 Å². The number of carbonyl (C=O) groups excluding carboxylic acids is 1. The van der Waals surface area contributed by atoms with Gasteiger partial charge in [0.25, 0.3) is 0 Å². The number of nitrogens with one attached hydrogen (secondary N) is 1. The molecule has 0 saturated heterocycles. The van der Waals surface area contributed by atoms with Gasteiger partial charge in [-0.25, -0.2) is 9.59 Å². The molecule has 0 aliphatic heterocycles. The average Bonchev–Trinajstić information content (AvgIpc) is 2.36. The van der Waals surface area contributed by atoms with Crippen LogP contribution in [0.1, 0.15) is 5.56 Å². The topological polar surface area (TPSA) is 102 Å².